The van der Waals surface area contributed by atoms with Gasteiger partial charge < -0.3 is 0 Å². The first-order chi connectivity index (χ1) is 20.1. The first-order valence-corrected chi connectivity index (χ1v) is 25.2. The lowest BCUT2D eigenvalue weighted by atomic mass is 10.1. The molecule has 0 aliphatic carbocycles. The van der Waals surface area contributed by atoms with E-state index >= 15 is 0 Å². The number of hydrogen-bond donors (Lipinski definition) is 1. The van der Waals surface area contributed by atoms with Crippen molar-refractivity contribution in [2.24, 2.45) is 0 Å². The predicted octanol–water partition coefficient (Wildman–Crippen LogP) is 15.7. The van der Waals surface area contributed by atoms with Crippen molar-refractivity contribution in [1.82, 2.24) is 0 Å². The third-order valence-corrected chi connectivity index (χ3v) is 18.3. The molecule has 0 fully saturated rings. The summed E-state index contributed by atoms with van der Waals surface area (Å²) in [5.74, 6) is 2.42. The zero-order chi connectivity index (χ0) is 30.0. The number of rotatable bonds is 34. The Morgan fingerprint density at radius 2 is 0.659 bits per heavy atom. The molecule has 0 bridgehead atoms. The smallest absolute Gasteiger partial charge is 0.106 e. The van der Waals surface area contributed by atoms with Gasteiger partial charge in [-0.25, -0.2) is 0 Å². The molecule has 0 aromatic rings. The topological polar surface area (TPSA) is 0 Å². The summed E-state index contributed by atoms with van der Waals surface area (Å²) < 4.78 is -1.53. The average Bonchev–Trinajstić information content (AvgIpc) is 2.96. The molecule has 0 radical (unpaired) electrons. The van der Waals surface area contributed by atoms with Crippen LogP contribution in [0.2, 0.25) is 0 Å². The van der Waals surface area contributed by atoms with Crippen LogP contribution < -0.4 is 0 Å². The van der Waals surface area contributed by atoms with E-state index in [1.165, 1.54) is 191 Å². The lowest BCUT2D eigenvalue weighted by Crippen LogP contribution is -1.84. The molecule has 41 heavy (non-hydrogen) atoms. The molecule has 0 unspecified atom stereocenters. The van der Waals surface area contributed by atoms with Gasteiger partial charge in [-0.1, -0.05) is 166 Å². The van der Waals surface area contributed by atoms with Gasteiger partial charge in [-0.3, -0.25) is 0 Å². The molecular formula is C36H71PS4. The van der Waals surface area contributed by atoms with E-state index in [1.807, 2.05) is 22.8 Å². The number of hydrogen-bond acceptors (Lipinski definition) is 3. The highest BCUT2D eigenvalue weighted by Crippen LogP contribution is 2.73. The number of thiol groups is 1. The monoisotopic (exact) mass is 662 g/mol. The highest BCUT2D eigenvalue weighted by Gasteiger charge is 2.12. The van der Waals surface area contributed by atoms with Crippen molar-refractivity contribution in [1.29, 1.82) is 0 Å². The minimum atomic E-state index is -1.53. The maximum atomic E-state index is 5.85. The van der Waals surface area contributed by atoms with E-state index in [1.54, 1.807) is 0 Å². The van der Waals surface area contributed by atoms with Crippen LogP contribution in [0.3, 0.4) is 0 Å². The third kappa shape index (κ3) is 37.3. The van der Waals surface area contributed by atoms with Gasteiger partial charge in [-0.05, 0) is 75.7 Å². The molecule has 0 nitrogen and oxygen atoms in total. The summed E-state index contributed by atoms with van der Waals surface area (Å²) in [5, 5.41) is 0. The molecule has 0 aliphatic rings. The van der Waals surface area contributed by atoms with Crippen molar-refractivity contribution >= 4 is 50.5 Å². The molecule has 0 aromatic carbocycles. The molecule has 5 heteroatoms. The van der Waals surface area contributed by atoms with Crippen LogP contribution in [0.5, 0.6) is 0 Å². The van der Waals surface area contributed by atoms with Crippen molar-refractivity contribution in [2.75, 3.05) is 11.5 Å². The van der Waals surface area contributed by atoms with Gasteiger partial charge in [0.1, 0.15) is 3.64 Å². The molecule has 0 N–H and O–H groups in total. The molecular weight excluding hydrogens is 592 g/mol. The summed E-state index contributed by atoms with van der Waals surface area (Å²) in [6, 6.07) is 0. The van der Waals surface area contributed by atoms with Gasteiger partial charge in [-0.2, -0.15) is 0 Å². The summed E-state index contributed by atoms with van der Waals surface area (Å²) in [6.45, 7) is 4.58. The van der Waals surface area contributed by atoms with Gasteiger partial charge in [0.15, 0.2) is 0 Å². The van der Waals surface area contributed by atoms with E-state index < -0.39 is 3.64 Å². The van der Waals surface area contributed by atoms with Crippen molar-refractivity contribution in [3.05, 3.63) is 24.3 Å². The Morgan fingerprint density at radius 1 is 0.415 bits per heavy atom. The van der Waals surface area contributed by atoms with Crippen LogP contribution in [0.15, 0.2) is 24.3 Å². The van der Waals surface area contributed by atoms with Gasteiger partial charge >= 0.3 is 0 Å². The second kappa shape index (κ2) is 35.7. The minimum absolute atomic E-state index is 1.21. The second-order valence-corrected chi connectivity index (χ2v) is 27.1. The first kappa shape index (κ1) is 42.2. The average molecular weight is 663 g/mol. The maximum absolute atomic E-state index is 5.85. The van der Waals surface area contributed by atoms with Gasteiger partial charge in [0.2, 0.25) is 0 Å². The second-order valence-electron chi connectivity index (χ2n) is 12.0. The molecule has 0 saturated carbocycles. The summed E-state index contributed by atoms with van der Waals surface area (Å²) >= 11 is 14.7. The molecule has 0 saturated heterocycles. The number of unbranched alkanes of at least 4 members (excludes halogenated alkanes) is 24. The highest BCUT2D eigenvalue weighted by molar-refractivity contribution is 9.20. The van der Waals surface area contributed by atoms with Crippen LogP contribution in [-0.4, -0.2) is 11.5 Å². The Morgan fingerprint density at radius 3 is 0.951 bits per heavy atom. The van der Waals surface area contributed by atoms with Gasteiger partial charge in [0, 0.05) is 0 Å². The highest BCUT2D eigenvalue weighted by atomic mass is 33.5. The summed E-state index contributed by atoms with van der Waals surface area (Å²) in [7, 11) is 0. The van der Waals surface area contributed by atoms with Crippen LogP contribution >= 0.6 is 38.7 Å². The van der Waals surface area contributed by atoms with E-state index in [0.29, 0.717) is 0 Å². The van der Waals surface area contributed by atoms with Crippen molar-refractivity contribution in [3.63, 3.8) is 0 Å². The predicted molar refractivity (Wildman–Crippen MR) is 207 cm³/mol. The molecule has 0 heterocycles. The Balaban J connectivity index is 3.35. The van der Waals surface area contributed by atoms with Crippen molar-refractivity contribution < 1.29 is 0 Å². The Bertz CT molecular complexity index is 556. The Hall–Kier alpha value is 1.18. The molecule has 0 aliphatic heterocycles. The Labute approximate surface area is 278 Å². The summed E-state index contributed by atoms with van der Waals surface area (Å²) in [4.78, 5) is 0. The maximum Gasteiger partial charge on any atom is 0.106 e. The van der Waals surface area contributed by atoms with Crippen molar-refractivity contribution in [2.45, 2.75) is 194 Å². The van der Waals surface area contributed by atoms with E-state index in [0.717, 1.165) is 0 Å². The molecule has 0 aromatic heterocycles. The fourth-order valence-corrected chi connectivity index (χ4v) is 13.5. The van der Waals surface area contributed by atoms with E-state index in [2.05, 4.69) is 38.2 Å². The summed E-state index contributed by atoms with van der Waals surface area (Å²) in [6.07, 6.45) is 48.2. The van der Waals surface area contributed by atoms with Crippen LogP contribution in [0.25, 0.3) is 0 Å². The number of allylic oxidation sites excluding steroid dienone is 4. The lowest BCUT2D eigenvalue weighted by molar-refractivity contribution is 0.607. The standard InChI is InChI=1S/C36H71PS4/c1-3-5-7-9-11-13-15-17-19-21-23-25-27-29-31-33-35-40-37(38,39)41-36-34-32-30-28-26-24-22-20-18-16-14-12-10-8-6-4-2/h17-20H,3-16,21-36H2,1-2H3,(H,38,39). The molecule has 0 spiro atoms. The largest absolute Gasteiger partial charge is 0.122 e. The van der Waals surface area contributed by atoms with Gasteiger partial charge in [0.05, 0.1) is 0 Å². The van der Waals surface area contributed by atoms with Crippen LogP contribution in [0, 0.1) is 0 Å². The normalized spacial score (nSPS) is 13.5. The molecule has 0 rings (SSSR count). The summed E-state index contributed by atoms with van der Waals surface area (Å²) in [5.41, 5.74) is 0. The minimum Gasteiger partial charge on any atom is -0.122 e. The zero-order valence-corrected chi connectivity index (χ0v) is 31.9. The lowest BCUT2D eigenvalue weighted by Gasteiger charge is -2.14. The van der Waals surface area contributed by atoms with Crippen LogP contribution in [-0.2, 0) is 11.8 Å². The quantitative estimate of drug-likeness (QED) is 0.0315. The third-order valence-electron chi connectivity index (χ3n) is 7.82. The Kier molecular flexibility index (Phi) is 36.7. The van der Waals surface area contributed by atoms with E-state index in [-0.39, 0.29) is 0 Å². The van der Waals surface area contributed by atoms with Crippen LogP contribution in [0.1, 0.15) is 194 Å². The molecule has 244 valence electrons. The molecule has 0 atom stereocenters. The SMILES string of the molecule is CCCCCCCCC=CCCCCCCCCSP(=S)(S)SCCCCCCCCC=CCCCCCCCC. The van der Waals surface area contributed by atoms with Gasteiger partial charge in [0.25, 0.3) is 0 Å². The van der Waals surface area contributed by atoms with E-state index in [9.17, 15) is 0 Å². The fraction of sp³-hybridized carbons (Fsp3) is 0.889. The van der Waals surface area contributed by atoms with Crippen LogP contribution in [0.4, 0.5) is 0 Å². The van der Waals surface area contributed by atoms with Crippen molar-refractivity contribution in [3.8, 4) is 0 Å². The zero-order valence-electron chi connectivity index (χ0n) is 27.6. The molecule has 0 amide bonds. The van der Waals surface area contributed by atoms with Gasteiger partial charge in [-0.15, -0.1) is 35.0 Å². The van der Waals surface area contributed by atoms with E-state index in [4.69, 9.17) is 24.1 Å². The first-order valence-electron chi connectivity index (χ1n) is 18.0. The fourth-order valence-electron chi connectivity index (χ4n) is 5.10.